The van der Waals surface area contributed by atoms with Crippen molar-refractivity contribution in [1.82, 2.24) is 19.5 Å². The number of nitrogens with two attached hydrogens (primary N) is 1. The summed E-state index contributed by atoms with van der Waals surface area (Å²) >= 11 is 6.19. The molecule has 11 heteroatoms. The second-order valence-corrected chi connectivity index (χ2v) is 10.2. The number of hydrogen-bond acceptors (Lipinski definition) is 8. The van der Waals surface area contributed by atoms with Crippen LogP contribution in [0.1, 0.15) is 29.8 Å². The maximum Gasteiger partial charge on any atom is 0.357 e. The average molecular weight is 500 g/mol. The number of benzene rings is 2. The summed E-state index contributed by atoms with van der Waals surface area (Å²) in [5.41, 5.74) is 8.75. The van der Waals surface area contributed by atoms with Crippen molar-refractivity contribution >= 4 is 36.2 Å². The summed E-state index contributed by atoms with van der Waals surface area (Å²) in [4.78, 5) is 12.4. The largest absolute Gasteiger partial charge is 0.382 e. The number of hydrogen-bond donors (Lipinski definition) is 1. The van der Waals surface area contributed by atoms with Crippen molar-refractivity contribution in [3.63, 3.8) is 0 Å². The Hall–Kier alpha value is -2.81. The maximum absolute atomic E-state index is 13.6. The van der Waals surface area contributed by atoms with Gasteiger partial charge in [-0.2, -0.15) is 0 Å². The predicted octanol–water partition coefficient (Wildman–Crippen LogP) is 5.15. The van der Waals surface area contributed by atoms with E-state index in [0.717, 1.165) is 11.1 Å². The van der Waals surface area contributed by atoms with Crippen LogP contribution < -0.4 is 5.73 Å². The highest BCUT2D eigenvalue weighted by Gasteiger charge is 2.40. The van der Waals surface area contributed by atoms with E-state index in [4.69, 9.17) is 31.1 Å². The molecule has 0 amide bonds. The molecular weight excluding hydrogens is 477 g/mol. The second-order valence-electron chi connectivity index (χ2n) is 7.91. The molecule has 9 nitrogen and oxygen atoms in total. The van der Waals surface area contributed by atoms with Crippen LogP contribution in [-0.2, 0) is 24.9 Å². The number of nitrogen functional groups attached to an aromatic ring is 1. The molecule has 1 saturated heterocycles. The monoisotopic (exact) mass is 499 g/mol. The highest BCUT2D eigenvalue weighted by atomic mass is 35.5. The number of ether oxygens (including phenoxy) is 1. The van der Waals surface area contributed by atoms with Crippen molar-refractivity contribution < 1.29 is 18.3 Å². The molecule has 0 radical (unpaired) electrons. The number of rotatable bonds is 7. The van der Waals surface area contributed by atoms with Crippen molar-refractivity contribution in [1.29, 1.82) is 0 Å². The molecule has 3 heterocycles. The summed E-state index contributed by atoms with van der Waals surface area (Å²) in [6.45, 7) is 0.691. The Kier molecular flexibility index (Phi) is 6.63. The molecule has 2 N–H and O–H groups in total. The minimum Gasteiger partial charge on any atom is -0.382 e. The van der Waals surface area contributed by atoms with Crippen LogP contribution in [0.15, 0.2) is 67.3 Å². The van der Waals surface area contributed by atoms with Gasteiger partial charge in [0.05, 0.1) is 25.1 Å². The van der Waals surface area contributed by atoms with Crippen molar-refractivity contribution in [2.75, 3.05) is 18.7 Å². The molecule has 0 saturated carbocycles. The van der Waals surface area contributed by atoms with Crippen molar-refractivity contribution in [3.05, 3.63) is 83.4 Å². The van der Waals surface area contributed by atoms with E-state index in [0.29, 0.717) is 35.0 Å². The van der Waals surface area contributed by atoms with Crippen LogP contribution in [0.2, 0.25) is 5.02 Å². The van der Waals surface area contributed by atoms with Gasteiger partial charge in [-0.3, -0.25) is 13.6 Å². The fourth-order valence-corrected chi connectivity index (χ4v) is 5.84. The lowest BCUT2D eigenvalue weighted by Crippen LogP contribution is -2.20. The first kappa shape index (κ1) is 23.0. The molecule has 0 aliphatic carbocycles. The van der Waals surface area contributed by atoms with Gasteiger partial charge in [0, 0.05) is 18.0 Å². The van der Waals surface area contributed by atoms with Gasteiger partial charge in [0.15, 0.2) is 11.5 Å². The van der Waals surface area contributed by atoms with Crippen LogP contribution in [-0.4, -0.2) is 32.5 Å². The number of halogens is 1. The van der Waals surface area contributed by atoms with Gasteiger partial charge in [0.2, 0.25) is 0 Å². The lowest BCUT2D eigenvalue weighted by Gasteiger charge is -2.35. The zero-order valence-corrected chi connectivity index (χ0v) is 19.8. The van der Waals surface area contributed by atoms with Crippen LogP contribution >= 0.6 is 19.2 Å². The Labute approximate surface area is 201 Å². The first-order valence-corrected chi connectivity index (χ1v) is 12.9. The number of aromatic nitrogens is 4. The summed E-state index contributed by atoms with van der Waals surface area (Å²) in [6, 6.07) is 17.1. The summed E-state index contributed by atoms with van der Waals surface area (Å²) in [5.74, 6) is 0.317. The summed E-state index contributed by atoms with van der Waals surface area (Å²) in [7, 11) is -3.57. The van der Waals surface area contributed by atoms with Gasteiger partial charge in [-0.05, 0) is 23.3 Å². The van der Waals surface area contributed by atoms with E-state index in [1.807, 2.05) is 48.5 Å². The van der Waals surface area contributed by atoms with E-state index >= 15 is 0 Å². The third-order valence-corrected chi connectivity index (χ3v) is 7.44. The van der Waals surface area contributed by atoms with Gasteiger partial charge >= 0.3 is 7.60 Å². The fraction of sp³-hybridized carbons (Fsp3) is 0.261. The first-order chi connectivity index (χ1) is 16.5. The molecule has 2 aromatic carbocycles. The molecule has 3 atom stereocenters. The van der Waals surface area contributed by atoms with Crippen molar-refractivity contribution in [2.45, 2.75) is 25.2 Å². The molecule has 0 spiro atoms. The molecule has 0 unspecified atom stereocenters. The molecule has 1 aliphatic heterocycles. The lowest BCUT2D eigenvalue weighted by molar-refractivity contribution is 0.0137. The lowest BCUT2D eigenvalue weighted by atomic mass is 9.99. The zero-order chi connectivity index (χ0) is 23.5. The topological polar surface area (TPSA) is 114 Å². The number of nitrogens with zero attached hydrogens (tertiary/aromatic N) is 4. The van der Waals surface area contributed by atoms with Crippen LogP contribution in [0.4, 0.5) is 5.82 Å². The fourth-order valence-electron chi connectivity index (χ4n) is 3.92. The number of imidazole rings is 1. The standard InChI is InChI=1S/C23H23ClN5O4P/c24-18-8-4-7-17(11-18)20-12-19(16-5-2-1-3-6-16)32-34(30,33-20)15-31-10-9-29-14-28-21-22(25)26-13-27-23(21)29/h1-8,11,13-14,19-20H,9-10,12,15H2,(H2,25,26,27)/t19-,20-,34-/m1/s1. The Morgan fingerprint density at radius 3 is 2.62 bits per heavy atom. The van der Waals surface area contributed by atoms with E-state index in [2.05, 4.69) is 15.0 Å². The van der Waals surface area contributed by atoms with Gasteiger partial charge in [-0.15, -0.1) is 0 Å². The third-order valence-electron chi connectivity index (χ3n) is 5.55. The average Bonchev–Trinajstić information content (AvgIpc) is 3.26. The molecule has 4 aromatic rings. The van der Waals surface area contributed by atoms with Gasteiger partial charge in [0.1, 0.15) is 18.2 Å². The zero-order valence-electron chi connectivity index (χ0n) is 18.2. The van der Waals surface area contributed by atoms with Gasteiger partial charge in [-0.25, -0.2) is 15.0 Å². The van der Waals surface area contributed by atoms with Gasteiger partial charge < -0.3 is 15.0 Å². The normalized spacial score (nSPS) is 22.7. The minimum atomic E-state index is -3.57. The molecule has 1 fully saturated rings. The maximum atomic E-state index is 13.6. The number of anilines is 1. The molecule has 0 bridgehead atoms. The Balaban J connectivity index is 1.29. The van der Waals surface area contributed by atoms with Crippen molar-refractivity contribution in [3.8, 4) is 0 Å². The minimum absolute atomic E-state index is 0.183. The Morgan fingerprint density at radius 2 is 1.82 bits per heavy atom. The Morgan fingerprint density at radius 1 is 1.06 bits per heavy atom. The Bertz CT molecular complexity index is 1340. The van der Waals surface area contributed by atoms with Crippen LogP contribution in [0.25, 0.3) is 11.2 Å². The highest BCUT2D eigenvalue weighted by molar-refractivity contribution is 7.53. The molecule has 1 aliphatic rings. The highest BCUT2D eigenvalue weighted by Crippen LogP contribution is 2.61. The van der Waals surface area contributed by atoms with Crippen LogP contribution in [0, 0.1) is 0 Å². The number of fused-ring (bicyclic) bond motifs is 1. The van der Waals surface area contributed by atoms with E-state index in [1.165, 1.54) is 6.33 Å². The SMILES string of the molecule is Nc1ncnc2c1ncn2CCOC[P@@]1(=O)O[C@@H](c2ccccc2)C[C@H](c2cccc(Cl)c2)O1. The quantitative estimate of drug-likeness (QED) is 0.274. The molecule has 5 rings (SSSR count). The van der Waals surface area contributed by atoms with E-state index in [9.17, 15) is 4.57 Å². The summed E-state index contributed by atoms with van der Waals surface area (Å²) in [5, 5.41) is 0.590. The first-order valence-electron chi connectivity index (χ1n) is 10.8. The van der Waals surface area contributed by atoms with Crippen LogP contribution in [0.3, 0.4) is 0 Å². The molecule has 34 heavy (non-hydrogen) atoms. The van der Waals surface area contributed by atoms with Gasteiger partial charge in [0.25, 0.3) is 0 Å². The van der Waals surface area contributed by atoms with Crippen LogP contribution in [0.5, 0.6) is 0 Å². The summed E-state index contributed by atoms with van der Waals surface area (Å²) in [6.07, 6.45) is 2.50. The molecule has 2 aromatic heterocycles. The van der Waals surface area contributed by atoms with Gasteiger partial charge in [-0.1, -0.05) is 54.1 Å². The predicted molar refractivity (Wildman–Crippen MR) is 128 cm³/mol. The third kappa shape index (κ3) is 4.99. The molecule has 176 valence electrons. The van der Waals surface area contributed by atoms with E-state index in [-0.39, 0.29) is 13.0 Å². The van der Waals surface area contributed by atoms with E-state index < -0.39 is 19.8 Å². The van der Waals surface area contributed by atoms with Crippen molar-refractivity contribution in [2.24, 2.45) is 0 Å². The molecular formula is C23H23ClN5O4P. The van der Waals surface area contributed by atoms with E-state index in [1.54, 1.807) is 17.0 Å². The second kappa shape index (κ2) is 9.82. The summed E-state index contributed by atoms with van der Waals surface area (Å²) < 4.78 is 33.2. The smallest absolute Gasteiger partial charge is 0.357 e.